The average Bonchev–Trinajstić information content (AvgIpc) is 2.08. The minimum Gasteiger partial charge on any atom is -0.504 e. The highest BCUT2D eigenvalue weighted by Crippen LogP contribution is 2.19. The van der Waals surface area contributed by atoms with Crippen LogP contribution in [0.4, 0.5) is 0 Å². The molecule has 12 heavy (non-hydrogen) atoms. The van der Waals surface area contributed by atoms with Crippen molar-refractivity contribution in [1.29, 1.82) is 0 Å². The molecule has 0 aromatic heterocycles. The second kappa shape index (κ2) is 4.17. The summed E-state index contributed by atoms with van der Waals surface area (Å²) in [5.41, 5.74) is 2.16. The molecule has 0 N–H and O–H groups in total. The summed E-state index contributed by atoms with van der Waals surface area (Å²) in [5.74, 6) is 0. The number of benzene rings is 1. The van der Waals surface area contributed by atoms with Gasteiger partial charge in [-0.05, 0) is 30.2 Å². The Bertz CT molecular complexity index is 292. The van der Waals surface area contributed by atoms with Crippen LogP contribution in [0.5, 0.6) is 0 Å². The molecule has 0 amide bonds. The molecule has 1 aromatic rings. The highest BCUT2D eigenvalue weighted by molar-refractivity contribution is 6.31. The molecular formula is C10H11ClO. The van der Waals surface area contributed by atoms with Gasteiger partial charge in [0.15, 0.2) is 0 Å². The van der Waals surface area contributed by atoms with Gasteiger partial charge in [-0.3, -0.25) is 0 Å². The molecule has 0 unspecified atom stereocenters. The fraction of sp³-hybridized carbons (Fsp3) is 0.200. The first-order valence-corrected chi connectivity index (χ1v) is 4.08. The summed E-state index contributed by atoms with van der Waals surface area (Å²) in [7, 11) is 1.62. The molecule has 0 fully saturated rings. The summed E-state index contributed by atoms with van der Waals surface area (Å²) in [5, 5.41) is 0.785. The van der Waals surface area contributed by atoms with Gasteiger partial charge in [0.2, 0.25) is 0 Å². The third kappa shape index (κ3) is 2.02. The Morgan fingerprint density at radius 2 is 2.17 bits per heavy atom. The van der Waals surface area contributed by atoms with Gasteiger partial charge in [-0.1, -0.05) is 23.7 Å². The minimum absolute atomic E-state index is 0.785. The lowest BCUT2D eigenvalue weighted by molar-refractivity contribution is 0.341. The van der Waals surface area contributed by atoms with Gasteiger partial charge in [0.1, 0.15) is 0 Å². The molecule has 0 aliphatic heterocycles. The highest BCUT2D eigenvalue weighted by atomic mass is 35.5. The molecule has 0 bridgehead atoms. The summed E-state index contributed by atoms with van der Waals surface area (Å²) in [6.45, 7) is 1.98. The third-order valence-electron chi connectivity index (χ3n) is 1.69. The standard InChI is InChI=1S/C10H11ClO/c1-8-9(6-7-12-2)4-3-5-10(8)11/h3-7H,1-2H3/b7-6+. The van der Waals surface area contributed by atoms with E-state index in [0.29, 0.717) is 0 Å². The van der Waals surface area contributed by atoms with Crippen molar-refractivity contribution < 1.29 is 4.74 Å². The molecule has 0 aliphatic rings. The Morgan fingerprint density at radius 3 is 2.83 bits per heavy atom. The molecule has 0 saturated heterocycles. The van der Waals surface area contributed by atoms with Crippen molar-refractivity contribution in [3.63, 3.8) is 0 Å². The molecule has 1 aromatic carbocycles. The molecule has 0 aliphatic carbocycles. The van der Waals surface area contributed by atoms with E-state index in [4.69, 9.17) is 16.3 Å². The molecule has 1 nitrogen and oxygen atoms in total. The Labute approximate surface area is 77.6 Å². The SMILES string of the molecule is CO/C=C/c1cccc(Cl)c1C. The smallest absolute Gasteiger partial charge is 0.0830 e. The van der Waals surface area contributed by atoms with E-state index in [-0.39, 0.29) is 0 Å². The maximum atomic E-state index is 5.92. The van der Waals surface area contributed by atoms with Gasteiger partial charge in [0.25, 0.3) is 0 Å². The molecule has 0 radical (unpaired) electrons. The van der Waals surface area contributed by atoms with Crippen LogP contribution >= 0.6 is 11.6 Å². The maximum Gasteiger partial charge on any atom is 0.0830 e. The zero-order valence-corrected chi connectivity index (χ0v) is 7.93. The Balaban J connectivity index is 3.00. The molecule has 0 saturated carbocycles. The van der Waals surface area contributed by atoms with E-state index in [0.717, 1.165) is 16.1 Å². The fourth-order valence-electron chi connectivity index (χ4n) is 0.946. The zero-order chi connectivity index (χ0) is 8.97. The Morgan fingerprint density at radius 1 is 1.42 bits per heavy atom. The summed E-state index contributed by atoms with van der Waals surface area (Å²) >= 11 is 5.92. The summed E-state index contributed by atoms with van der Waals surface area (Å²) < 4.78 is 4.82. The van der Waals surface area contributed by atoms with Crippen LogP contribution in [0.25, 0.3) is 6.08 Å². The lowest BCUT2D eigenvalue weighted by atomic mass is 10.1. The van der Waals surface area contributed by atoms with E-state index in [1.165, 1.54) is 0 Å². The lowest BCUT2D eigenvalue weighted by Gasteiger charge is -2.01. The second-order valence-corrected chi connectivity index (χ2v) is 2.90. The maximum absolute atomic E-state index is 5.92. The predicted octanol–water partition coefficient (Wildman–Crippen LogP) is 3.27. The Hall–Kier alpha value is -0.950. The number of ether oxygens (including phenoxy) is 1. The molecule has 64 valence electrons. The average molecular weight is 183 g/mol. The number of rotatable bonds is 2. The predicted molar refractivity (Wildman–Crippen MR) is 52.2 cm³/mol. The van der Waals surface area contributed by atoms with Gasteiger partial charge in [-0.2, -0.15) is 0 Å². The normalized spacial score (nSPS) is 10.6. The van der Waals surface area contributed by atoms with Crippen molar-refractivity contribution in [3.8, 4) is 0 Å². The van der Waals surface area contributed by atoms with Crippen molar-refractivity contribution in [2.45, 2.75) is 6.92 Å². The number of hydrogen-bond acceptors (Lipinski definition) is 1. The minimum atomic E-state index is 0.785. The topological polar surface area (TPSA) is 9.23 Å². The fourth-order valence-corrected chi connectivity index (χ4v) is 1.13. The van der Waals surface area contributed by atoms with Crippen LogP contribution < -0.4 is 0 Å². The van der Waals surface area contributed by atoms with Crippen LogP contribution in [0.1, 0.15) is 11.1 Å². The van der Waals surface area contributed by atoms with Gasteiger partial charge in [-0.25, -0.2) is 0 Å². The van der Waals surface area contributed by atoms with E-state index in [1.54, 1.807) is 13.4 Å². The van der Waals surface area contributed by atoms with Crippen LogP contribution in [0.3, 0.4) is 0 Å². The Kier molecular flexibility index (Phi) is 3.18. The van der Waals surface area contributed by atoms with E-state index < -0.39 is 0 Å². The second-order valence-electron chi connectivity index (χ2n) is 2.49. The molecular weight excluding hydrogens is 172 g/mol. The van der Waals surface area contributed by atoms with E-state index in [1.807, 2.05) is 31.2 Å². The molecule has 0 heterocycles. The van der Waals surface area contributed by atoms with Gasteiger partial charge < -0.3 is 4.74 Å². The number of methoxy groups -OCH3 is 1. The van der Waals surface area contributed by atoms with Gasteiger partial charge in [0.05, 0.1) is 13.4 Å². The van der Waals surface area contributed by atoms with Crippen LogP contribution in [0.15, 0.2) is 24.5 Å². The summed E-state index contributed by atoms with van der Waals surface area (Å²) in [4.78, 5) is 0. The van der Waals surface area contributed by atoms with Crippen molar-refractivity contribution in [2.75, 3.05) is 7.11 Å². The van der Waals surface area contributed by atoms with Gasteiger partial charge in [-0.15, -0.1) is 0 Å². The van der Waals surface area contributed by atoms with Crippen molar-refractivity contribution in [2.24, 2.45) is 0 Å². The van der Waals surface area contributed by atoms with Gasteiger partial charge in [0, 0.05) is 5.02 Å². The van der Waals surface area contributed by atoms with Crippen LogP contribution in [0, 0.1) is 6.92 Å². The zero-order valence-electron chi connectivity index (χ0n) is 7.17. The van der Waals surface area contributed by atoms with E-state index in [2.05, 4.69) is 0 Å². The molecule has 0 spiro atoms. The van der Waals surface area contributed by atoms with Crippen molar-refractivity contribution >= 4 is 17.7 Å². The first-order valence-electron chi connectivity index (χ1n) is 3.70. The first-order chi connectivity index (χ1) is 5.75. The summed E-state index contributed by atoms with van der Waals surface area (Å²) in [6.07, 6.45) is 3.53. The quantitative estimate of drug-likeness (QED) is 0.638. The molecule has 1 rings (SSSR count). The van der Waals surface area contributed by atoms with E-state index >= 15 is 0 Å². The highest BCUT2D eigenvalue weighted by Gasteiger charge is 1.97. The van der Waals surface area contributed by atoms with E-state index in [9.17, 15) is 0 Å². The first kappa shape index (κ1) is 9.14. The third-order valence-corrected chi connectivity index (χ3v) is 2.10. The van der Waals surface area contributed by atoms with Crippen LogP contribution in [0.2, 0.25) is 5.02 Å². The summed E-state index contributed by atoms with van der Waals surface area (Å²) in [6, 6.07) is 5.79. The molecule has 2 heteroatoms. The van der Waals surface area contributed by atoms with Crippen molar-refractivity contribution in [1.82, 2.24) is 0 Å². The lowest BCUT2D eigenvalue weighted by Crippen LogP contribution is -1.81. The number of hydrogen-bond donors (Lipinski definition) is 0. The largest absolute Gasteiger partial charge is 0.504 e. The van der Waals surface area contributed by atoms with Gasteiger partial charge >= 0.3 is 0 Å². The van der Waals surface area contributed by atoms with Crippen LogP contribution in [-0.4, -0.2) is 7.11 Å². The number of halogens is 1. The monoisotopic (exact) mass is 182 g/mol. The molecule has 0 atom stereocenters. The van der Waals surface area contributed by atoms with Crippen LogP contribution in [-0.2, 0) is 4.74 Å². The van der Waals surface area contributed by atoms with Crippen molar-refractivity contribution in [3.05, 3.63) is 40.6 Å².